The molecular formula is C17H16N2O6S. The van der Waals surface area contributed by atoms with Crippen molar-refractivity contribution < 1.29 is 19.4 Å². The van der Waals surface area contributed by atoms with Crippen LogP contribution in [-0.2, 0) is 9.53 Å². The molecule has 2 aromatic rings. The minimum atomic E-state index is -0.637. The summed E-state index contributed by atoms with van der Waals surface area (Å²) in [6.07, 6.45) is -0.637. The Labute approximate surface area is 153 Å². The van der Waals surface area contributed by atoms with Gasteiger partial charge in [-0.25, -0.2) is 0 Å². The number of benzene rings is 2. The van der Waals surface area contributed by atoms with Gasteiger partial charge >= 0.3 is 5.97 Å². The summed E-state index contributed by atoms with van der Waals surface area (Å²) in [5.41, 5.74) is 0.433. The molecule has 2 aromatic carbocycles. The van der Waals surface area contributed by atoms with Crippen molar-refractivity contribution in [2.45, 2.75) is 30.1 Å². The van der Waals surface area contributed by atoms with E-state index in [9.17, 15) is 25.0 Å². The summed E-state index contributed by atoms with van der Waals surface area (Å²) in [4.78, 5) is 33.4. The van der Waals surface area contributed by atoms with E-state index in [0.717, 1.165) is 0 Å². The van der Waals surface area contributed by atoms with Crippen LogP contribution in [-0.4, -0.2) is 21.1 Å². The number of nitrogens with zero attached hydrogens (tertiary/aromatic N) is 2. The van der Waals surface area contributed by atoms with Crippen molar-refractivity contribution in [1.82, 2.24) is 0 Å². The van der Waals surface area contributed by atoms with E-state index in [1.54, 1.807) is 32.0 Å². The minimum Gasteiger partial charge on any atom is -0.457 e. The highest BCUT2D eigenvalue weighted by Crippen LogP contribution is 2.28. The number of esters is 1. The van der Waals surface area contributed by atoms with Crippen LogP contribution in [0.2, 0.25) is 0 Å². The SMILES string of the molecule is C[C@H](Sc1ccc([N+](=O)[O-])cc1)C(=O)O[C@H](C)c1cccc([N+](=O)[O-])c1. The Morgan fingerprint density at radius 2 is 1.62 bits per heavy atom. The summed E-state index contributed by atoms with van der Waals surface area (Å²) in [6, 6.07) is 11.8. The number of carbonyl (C=O) groups is 1. The topological polar surface area (TPSA) is 113 Å². The zero-order chi connectivity index (χ0) is 19.3. The fourth-order valence-electron chi connectivity index (χ4n) is 2.13. The van der Waals surface area contributed by atoms with Gasteiger partial charge in [-0.15, -0.1) is 11.8 Å². The lowest BCUT2D eigenvalue weighted by molar-refractivity contribution is -0.385. The smallest absolute Gasteiger partial charge is 0.319 e. The van der Waals surface area contributed by atoms with E-state index >= 15 is 0 Å². The van der Waals surface area contributed by atoms with Crippen LogP contribution >= 0.6 is 11.8 Å². The lowest BCUT2D eigenvalue weighted by atomic mass is 10.1. The predicted octanol–water partition coefficient (Wildman–Crippen LogP) is 4.29. The van der Waals surface area contributed by atoms with Crippen LogP contribution in [0.1, 0.15) is 25.5 Å². The van der Waals surface area contributed by atoms with E-state index in [4.69, 9.17) is 4.74 Å². The zero-order valence-electron chi connectivity index (χ0n) is 14.0. The Kier molecular flexibility index (Phi) is 6.29. The molecular weight excluding hydrogens is 360 g/mol. The maximum Gasteiger partial charge on any atom is 0.319 e. The normalized spacial score (nSPS) is 12.8. The fraction of sp³-hybridized carbons (Fsp3) is 0.235. The molecule has 0 heterocycles. The van der Waals surface area contributed by atoms with Gasteiger partial charge in [-0.2, -0.15) is 0 Å². The van der Waals surface area contributed by atoms with Crippen LogP contribution in [0.3, 0.4) is 0 Å². The number of hydrogen-bond acceptors (Lipinski definition) is 7. The number of carbonyl (C=O) groups excluding carboxylic acids is 1. The molecule has 0 unspecified atom stereocenters. The van der Waals surface area contributed by atoms with Crippen LogP contribution in [0.4, 0.5) is 11.4 Å². The second kappa shape index (κ2) is 8.43. The molecule has 0 radical (unpaired) electrons. The molecule has 8 nitrogen and oxygen atoms in total. The summed E-state index contributed by atoms with van der Waals surface area (Å²) in [7, 11) is 0. The van der Waals surface area contributed by atoms with Crippen molar-refractivity contribution >= 4 is 29.1 Å². The molecule has 2 atom stereocenters. The van der Waals surface area contributed by atoms with Gasteiger partial charge in [-0.3, -0.25) is 25.0 Å². The molecule has 136 valence electrons. The molecule has 0 aliphatic rings. The van der Waals surface area contributed by atoms with Crippen LogP contribution in [0, 0.1) is 20.2 Å². The lowest BCUT2D eigenvalue weighted by Crippen LogP contribution is -2.18. The average molecular weight is 376 g/mol. The van der Waals surface area contributed by atoms with Crippen molar-refractivity contribution in [3.63, 3.8) is 0 Å². The predicted molar refractivity (Wildman–Crippen MR) is 96.0 cm³/mol. The Hall–Kier alpha value is -2.94. The Morgan fingerprint density at radius 3 is 2.19 bits per heavy atom. The second-order valence-corrected chi connectivity index (χ2v) is 6.86. The van der Waals surface area contributed by atoms with E-state index in [2.05, 4.69) is 0 Å². The number of thioether (sulfide) groups is 1. The highest BCUT2D eigenvalue weighted by Gasteiger charge is 2.21. The van der Waals surface area contributed by atoms with Gasteiger partial charge in [0, 0.05) is 29.2 Å². The number of non-ortho nitro benzene ring substituents is 2. The lowest BCUT2D eigenvalue weighted by Gasteiger charge is -2.17. The molecule has 0 N–H and O–H groups in total. The summed E-state index contributed by atoms with van der Waals surface area (Å²) >= 11 is 1.21. The van der Waals surface area contributed by atoms with Crippen LogP contribution in [0.15, 0.2) is 53.4 Å². The summed E-state index contributed by atoms with van der Waals surface area (Å²) < 4.78 is 5.38. The molecule has 0 fully saturated rings. The second-order valence-electron chi connectivity index (χ2n) is 5.44. The van der Waals surface area contributed by atoms with Gasteiger partial charge in [0.2, 0.25) is 0 Å². The van der Waals surface area contributed by atoms with Gasteiger partial charge in [0.05, 0.1) is 9.85 Å². The van der Waals surface area contributed by atoms with Gasteiger partial charge in [0.25, 0.3) is 11.4 Å². The largest absolute Gasteiger partial charge is 0.457 e. The molecule has 26 heavy (non-hydrogen) atoms. The first kappa shape index (κ1) is 19.4. The van der Waals surface area contributed by atoms with Crippen molar-refractivity contribution in [2.24, 2.45) is 0 Å². The summed E-state index contributed by atoms with van der Waals surface area (Å²) in [5, 5.41) is 20.9. The van der Waals surface area contributed by atoms with Crippen molar-refractivity contribution in [2.75, 3.05) is 0 Å². The molecule has 0 saturated heterocycles. The van der Waals surface area contributed by atoms with E-state index in [0.29, 0.717) is 10.5 Å². The molecule has 9 heteroatoms. The zero-order valence-corrected chi connectivity index (χ0v) is 14.8. The van der Waals surface area contributed by atoms with Crippen molar-refractivity contribution in [1.29, 1.82) is 0 Å². The Balaban J connectivity index is 1.98. The first-order chi connectivity index (χ1) is 12.3. The van der Waals surface area contributed by atoms with Gasteiger partial charge in [0.1, 0.15) is 11.4 Å². The highest BCUT2D eigenvalue weighted by atomic mass is 32.2. The minimum absolute atomic E-state index is 0.0242. The number of hydrogen-bond donors (Lipinski definition) is 0. The summed E-state index contributed by atoms with van der Waals surface area (Å²) in [5.74, 6) is -0.479. The maximum absolute atomic E-state index is 12.2. The molecule has 0 aromatic heterocycles. The van der Waals surface area contributed by atoms with Crippen LogP contribution < -0.4 is 0 Å². The van der Waals surface area contributed by atoms with Crippen LogP contribution in [0.5, 0.6) is 0 Å². The number of nitro groups is 2. The summed E-state index contributed by atoms with van der Waals surface area (Å²) in [6.45, 7) is 3.30. The van der Waals surface area contributed by atoms with Crippen molar-refractivity contribution in [3.8, 4) is 0 Å². The monoisotopic (exact) mass is 376 g/mol. The van der Waals surface area contributed by atoms with Gasteiger partial charge in [0.15, 0.2) is 0 Å². The van der Waals surface area contributed by atoms with E-state index in [1.165, 1.54) is 42.1 Å². The molecule has 0 aliphatic carbocycles. The van der Waals surface area contributed by atoms with Crippen LogP contribution in [0.25, 0.3) is 0 Å². The van der Waals surface area contributed by atoms with Crippen molar-refractivity contribution in [3.05, 3.63) is 74.3 Å². The third-order valence-electron chi connectivity index (χ3n) is 3.54. The van der Waals surface area contributed by atoms with E-state index < -0.39 is 27.2 Å². The molecule has 0 aliphatic heterocycles. The van der Waals surface area contributed by atoms with Gasteiger partial charge in [-0.05, 0) is 31.5 Å². The standard InChI is InChI=1S/C17H16N2O6S/c1-11(13-4-3-5-15(10-13)19(23)24)25-17(20)12(2)26-16-8-6-14(7-9-16)18(21)22/h3-12H,1-2H3/t11-,12+/m1/s1. The van der Waals surface area contributed by atoms with Gasteiger partial charge < -0.3 is 4.74 Å². The number of ether oxygens (including phenoxy) is 1. The maximum atomic E-state index is 12.2. The number of rotatable bonds is 7. The van der Waals surface area contributed by atoms with Gasteiger partial charge in [-0.1, -0.05) is 12.1 Å². The first-order valence-electron chi connectivity index (χ1n) is 7.64. The molecule has 0 spiro atoms. The molecule has 2 rings (SSSR count). The molecule has 0 amide bonds. The Bertz CT molecular complexity index is 824. The number of nitro benzene ring substituents is 2. The van der Waals surface area contributed by atoms with E-state index in [-0.39, 0.29) is 11.4 Å². The first-order valence-corrected chi connectivity index (χ1v) is 8.52. The quantitative estimate of drug-likeness (QED) is 0.306. The third-order valence-corrected chi connectivity index (χ3v) is 4.63. The molecule has 0 saturated carbocycles. The highest BCUT2D eigenvalue weighted by molar-refractivity contribution is 8.00. The average Bonchev–Trinajstić information content (AvgIpc) is 2.62. The third kappa shape index (κ3) is 5.03. The fourth-order valence-corrected chi connectivity index (χ4v) is 2.98. The Morgan fingerprint density at radius 1 is 1.00 bits per heavy atom. The van der Waals surface area contributed by atoms with E-state index in [1.807, 2.05) is 0 Å². The molecule has 0 bridgehead atoms.